The van der Waals surface area contributed by atoms with Crippen molar-refractivity contribution >= 4 is 86.6 Å². The van der Waals surface area contributed by atoms with Gasteiger partial charge in [-0.1, -0.05) is 74.3 Å². The molecular formula is C43H64F3N11O14S2. The molecule has 0 aromatic heterocycles. The summed E-state index contributed by atoms with van der Waals surface area (Å²) in [6.45, 7) is 5.49. The fraction of sp³-hybridized carbons (Fsp3) is 0.605. The normalized spacial score (nSPS) is 24.0. The van der Waals surface area contributed by atoms with Gasteiger partial charge in [0.15, 0.2) is 0 Å². The van der Waals surface area contributed by atoms with Gasteiger partial charge in [-0.2, -0.15) is 13.2 Å². The number of rotatable bonds is 15. The second-order valence-corrected chi connectivity index (χ2v) is 19.6. The van der Waals surface area contributed by atoms with E-state index in [1.54, 1.807) is 27.7 Å². The molecule has 0 aliphatic carbocycles. The van der Waals surface area contributed by atoms with Gasteiger partial charge in [0.1, 0.15) is 48.0 Å². The molecule has 0 spiro atoms. The van der Waals surface area contributed by atoms with Crippen LogP contribution >= 0.6 is 21.6 Å². The molecule has 408 valence electrons. The van der Waals surface area contributed by atoms with Crippen LogP contribution in [0.1, 0.15) is 65.4 Å². The van der Waals surface area contributed by atoms with Crippen molar-refractivity contribution in [3.8, 4) is 5.75 Å². The van der Waals surface area contributed by atoms with Crippen molar-refractivity contribution in [3.05, 3.63) is 29.8 Å². The molecule has 3 unspecified atom stereocenters. The number of phenolic OH excluding ortho intramolecular Hbond substituents is 1. The minimum absolute atomic E-state index is 0.0398. The first-order valence-corrected chi connectivity index (χ1v) is 25.3. The number of nitrogens with zero attached hydrogens (tertiary/aromatic N) is 1. The van der Waals surface area contributed by atoms with E-state index in [0.717, 1.165) is 21.6 Å². The van der Waals surface area contributed by atoms with Crippen LogP contribution in [0, 0.1) is 11.8 Å². The van der Waals surface area contributed by atoms with Crippen molar-refractivity contribution in [2.24, 2.45) is 29.0 Å². The SMILES string of the molecule is CC[C@H](C)[C@@H]1NC(=O)C(Cc2ccc(O)cc2)NC(=O)[C@@H](N)CSSCC(C(=O)N2CCC[C@H]2C(=O)N[C@H](C(=O)NCC(N)=O)[C@@H](C)CC)NC(=O)[C@H](CC(N)=O)NC(=O)C(CO)NC1=O.O=C(O)C(F)(F)F. The summed E-state index contributed by atoms with van der Waals surface area (Å²) in [4.78, 5) is 144. The summed E-state index contributed by atoms with van der Waals surface area (Å²) in [6.07, 6.45) is -4.62. The number of nitrogens with two attached hydrogens (primary N) is 3. The summed E-state index contributed by atoms with van der Waals surface area (Å²) in [5, 5.41) is 44.8. The molecule has 30 heteroatoms. The number of aliphatic hydroxyl groups excluding tert-OH is 1. The number of amides is 10. The smallest absolute Gasteiger partial charge is 0.490 e. The third-order valence-electron chi connectivity index (χ3n) is 11.5. The van der Waals surface area contributed by atoms with Crippen molar-refractivity contribution in [2.45, 2.75) is 121 Å². The van der Waals surface area contributed by atoms with Gasteiger partial charge in [-0.05, 0) is 42.4 Å². The van der Waals surface area contributed by atoms with Gasteiger partial charge in [0.2, 0.25) is 59.1 Å². The molecule has 10 amide bonds. The number of likely N-dealkylation sites (tertiary alicyclic amines) is 1. The van der Waals surface area contributed by atoms with Crippen LogP contribution < -0.4 is 54.4 Å². The van der Waals surface area contributed by atoms with Gasteiger partial charge in [-0.15, -0.1) is 0 Å². The van der Waals surface area contributed by atoms with Gasteiger partial charge in [-0.3, -0.25) is 47.9 Å². The van der Waals surface area contributed by atoms with Crippen LogP contribution in [0.5, 0.6) is 5.75 Å². The highest BCUT2D eigenvalue weighted by Crippen LogP contribution is 2.26. The Hall–Kier alpha value is -6.40. The van der Waals surface area contributed by atoms with Gasteiger partial charge in [0.25, 0.3) is 0 Å². The van der Waals surface area contributed by atoms with E-state index in [9.17, 15) is 71.3 Å². The number of primary amides is 2. The number of nitrogens with one attached hydrogen (secondary N) is 7. The zero-order chi connectivity index (χ0) is 55.3. The fourth-order valence-electron chi connectivity index (χ4n) is 6.95. The molecule has 0 saturated carbocycles. The molecule has 2 heterocycles. The van der Waals surface area contributed by atoms with E-state index in [4.69, 9.17) is 27.1 Å². The summed E-state index contributed by atoms with van der Waals surface area (Å²) in [7, 11) is 2.06. The number of carbonyl (C=O) groups excluding carboxylic acids is 10. The lowest BCUT2D eigenvalue weighted by Crippen LogP contribution is -2.62. The maximum absolute atomic E-state index is 14.4. The lowest BCUT2D eigenvalue weighted by Gasteiger charge is -2.31. The van der Waals surface area contributed by atoms with Crippen LogP contribution in [0.3, 0.4) is 0 Å². The van der Waals surface area contributed by atoms with E-state index in [1.165, 1.54) is 29.2 Å². The zero-order valence-corrected chi connectivity index (χ0v) is 42.0. The summed E-state index contributed by atoms with van der Waals surface area (Å²) in [5.41, 5.74) is 17.5. The van der Waals surface area contributed by atoms with Gasteiger partial charge in [0.05, 0.1) is 25.6 Å². The minimum Gasteiger partial charge on any atom is -0.508 e. The van der Waals surface area contributed by atoms with Crippen LogP contribution in [0.2, 0.25) is 0 Å². The number of halogens is 3. The quantitative estimate of drug-likeness (QED) is 0.0768. The lowest BCUT2D eigenvalue weighted by atomic mass is 9.96. The van der Waals surface area contributed by atoms with E-state index in [1.807, 2.05) is 0 Å². The molecular weight excluding hydrogens is 1020 g/mol. The number of alkyl halides is 3. The van der Waals surface area contributed by atoms with Crippen molar-refractivity contribution in [3.63, 3.8) is 0 Å². The van der Waals surface area contributed by atoms with Gasteiger partial charge >= 0.3 is 12.1 Å². The Labute approximate surface area is 425 Å². The van der Waals surface area contributed by atoms with Gasteiger partial charge in [0, 0.05) is 24.5 Å². The van der Waals surface area contributed by atoms with Crippen molar-refractivity contribution in [1.29, 1.82) is 0 Å². The summed E-state index contributed by atoms with van der Waals surface area (Å²) in [6, 6.07) is -5.10. The summed E-state index contributed by atoms with van der Waals surface area (Å²) < 4.78 is 31.7. The Bertz CT molecular complexity index is 2150. The van der Waals surface area contributed by atoms with Crippen LogP contribution in [-0.2, 0) is 59.2 Å². The Kier molecular flexibility index (Phi) is 25.7. The molecule has 1 aromatic rings. The predicted octanol–water partition coefficient (Wildman–Crippen LogP) is -3.25. The summed E-state index contributed by atoms with van der Waals surface area (Å²) >= 11 is 0. The summed E-state index contributed by atoms with van der Waals surface area (Å²) in [5.74, 6) is -12.6. The van der Waals surface area contributed by atoms with E-state index in [2.05, 4.69) is 37.2 Å². The molecule has 3 rings (SSSR count). The third kappa shape index (κ3) is 20.6. The maximum atomic E-state index is 14.4. The Morgan fingerprint density at radius 2 is 1.37 bits per heavy atom. The highest BCUT2D eigenvalue weighted by atomic mass is 33.1. The average Bonchev–Trinajstić information content (AvgIpc) is 3.83. The number of phenols is 1. The molecule has 2 aliphatic heterocycles. The standard InChI is InChI=1S/C41H63N11O12S2.C2HF3O2/c1-5-20(3)32(39(62)45-16-31(44)56)51-38(61)29-8-7-13-52(29)41(64)28-19-66-65-18-24(42)34(57)46-25(14-22-9-11-23(54)12-10-22)36(59)50-33(21(4)6-2)40(63)48-27(17-53)37(60)47-26(15-30(43)55)35(58)49-28;3-2(4,5)1(6)7/h9-12,20-21,24-29,32-33,53-54H,5-8,13-19,42H2,1-4H3,(H2,43,55)(H2,44,56)(H,45,62)(H,46,57)(H,47,60)(H,48,63)(H,49,58)(H,50,59)(H,51,61);(H,6,7)/t20-,21-,24-,25?,26-,27?,28?,29-,32-,33-;/m0./s1. The Balaban J connectivity index is 0.00000242. The van der Waals surface area contributed by atoms with Crippen molar-refractivity contribution in [1.82, 2.24) is 42.1 Å². The molecule has 2 fully saturated rings. The molecule has 25 nitrogen and oxygen atoms in total. The fourth-order valence-corrected chi connectivity index (χ4v) is 9.23. The van der Waals surface area contributed by atoms with E-state index in [-0.39, 0.29) is 36.6 Å². The van der Waals surface area contributed by atoms with Crippen LogP contribution in [-0.4, -0.2) is 171 Å². The number of carbonyl (C=O) groups is 11. The monoisotopic (exact) mass is 1080 g/mol. The van der Waals surface area contributed by atoms with E-state index >= 15 is 0 Å². The maximum Gasteiger partial charge on any atom is 0.490 e. The van der Waals surface area contributed by atoms with Crippen LogP contribution in [0.25, 0.3) is 0 Å². The molecule has 16 N–H and O–H groups in total. The number of aliphatic carboxylic acids is 1. The first kappa shape index (κ1) is 62.7. The van der Waals surface area contributed by atoms with E-state index in [0.29, 0.717) is 24.8 Å². The second-order valence-electron chi connectivity index (χ2n) is 17.1. The third-order valence-corrected chi connectivity index (χ3v) is 13.9. The average molecular weight is 1080 g/mol. The number of carboxylic acids is 1. The molecule has 73 heavy (non-hydrogen) atoms. The first-order valence-electron chi connectivity index (χ1n) is 22.8. The highest BCUT2D eigenvalue weighted by Gasteiger charge is 2.42. The lowest BCUT2D eigenvalue weighted by molar-refractivity contribution is -0.192. The largest absolute Gasteiger partial charge is 0.508 e. The van der Waals surface area contributed by atoms with Gasteiger partial charge < -0.3 is 74.6 Å². The molecule has 0 radical (unpaired) electrons. The number of carboxylic acid groups (broad SMARTS) is 1. The topological polar surface area (TPSA) is 414 Å². The first-order chi connectivity index (χ1) is 34.1. The van der Waals surface area contributed by atoms with Crippen molar-refractivity contribution in [2.75, 3.05) is 31.2 Å². The number of benzene rings is 1. The highest BCUT2D eigenvalue weighted by molar-refractivity contribution is 8.76. The van der Waals surface area contributed by atoms with Gasteiger partial charge in [-0.25, -0.2) is 4.79 Å². The molecule has 2 saturated heterocycles. The number of hydrogen-bond donors (Lipinski definition) is 13. The minimum atomic E-state index is -5.08. The molecule has 2 aliphatic rings. The van der Waals surface area contributed by atoms with Crippen LogP contribution in [0.4, 0.5) is 13.2 Å². The second kappa shape index (κ2) is 30.0. The van der Waals surface area contributed by atoms with Crippen LogP contribution in [0.15, 0.2) is 24.3 Å². The number of aromatic hydroxyl groups is 1. The molecule has 0 bridgehead atoms. The zero-order valence-electron chi connectivity index (χ0n) is 40.3. The Morgan fingerprint density at radius 1 is 0.808 bits per heavy atom. The van der Waals surface area contributed by atoms with E-state index < -0.39 is 151 Å². The number of hydrogen-bond acceptors (Lipinski definition) is 16. The Morgan fingerprint density at radius 3 is 1.92 bits per heavy atom. The predicted molar refractivity (Wildman–Crippen MR) is 257 cm³/mol. The molecule has 1 aromatic carbocycles. The molecule has 10 atom stereocenters. The van der Waals surface area contributed by atoms with Crippen molar-refractivity contribution < 1.29 is 81.2 Å². The number of aliphatic hydroxyl groups is 1.